The second kappa shape index (κ2) is 6.04. The summed E-state index contributed by atoms with van der Waals surface area (Å²) in [6, 6.07) is 0. The lowest BCUT2D eigenvalue weighted by Crippen LogP contribution is -2.30. The first-order valence-corrected chi connectivity index (χ1v) is 5.61. The lowest BCUT2D eigenvalue weighted by atomic mass is 10.2. The third-order valence-corrected chi connectivity index (χ3v) is 2.28. The Morgan fingerprint density at radius 3 is 2.78 bits per heavy atom. The van der Waals surface area contributed by atoms with E-state index in [9.17, 15) is 9.59 Å². The van der Waals surface area contributed by atoms with Crippen LogP contribution < -0.4 is 11.1 Å². The van der Waals surface area contributed by atoms with Crippen LogP contribution in [0, 0.1) is 5.92 Å². The molecule has 0 radical (unpaired) electrons. The largest absolute Gasteiger partial charge is 0.464 e. The number of anilines is 1. The molecule has 7 heteroatoms. The molecule has 0 fully saturated rings. The van der Waals surface area contributed by atoms with E-state index >= 15 is 0 Å². The number of nitrogens with one attached hydrogen (secondary N) is 1. The minimum Gasteiger partial charge on any atom is -0.464 e. The molecule has 1 rings (SSSR count). The minimum atomic E-state index is -0.617. The van der Waals surface area contributed by atoms with E-state index in [0.717, 1.165) is 0 Å². The molecule has 0 aliphatic carbocycles. The van der Waals surface area contributed by atoms with E-state index in [1.807, 2.05) is 13.8 Å². The van der Waals surface area contributed by atoms with Crippen molar-refractivity contribution in [1.82, 2.24) is 14.9 Å². The predicted molar refractivity (Wildman–Crippen MR) is 65.8 cm³/mol. The third kappa shape index (κ3) is 3.47. The number of imidazole rings is 1. The molecule has 1 aromatic heterocycles. The highest BCUT2D eigenvalue weighted by Gasteiger charge is 2.17. The van der Waals surface area contributed by atoms with Gasteiger partial charge in [-0.05, 0) is 5.92 Å². The number of methoxy groups -OCH3 is 1. The summed E-state index contributed by atoms with van der Waals surface area (Å²) < 4.78 is 5.92. The number of hydrogen-bond donors (Lipinski definition) is 2. The van der Waals surface area contributed by atoms with Crippen molar-refractivity contribution in [2.24, 2.45) is 5.92 Å². The Kier molecular flexibility index (Phi) is 4.70. The van der Waals surface area contributed by atoms with Crippen molar-refractivity contribution in [3.8, 4) is 0 Å². The second-order valence-electron chi connectivity index (χ2n) is 4.30. The number of ether oxygens (including phenoxy) is 1. The summed E-state index contributed by atoms with van der Waals surface area (Å²) in [5, 5.41) is 2.75. The molecule has 0 aliphatic heterocycles. The highest BCUT2D eigenvalue weighted by atomic mass is 16.5. The minimum absolute atomic E-state index is 0.0224. The van der Waals surface area contributed by atoms with Gasteiger partial charge in [-0.25, -0.2) is 9.78 Å². The van der Waals surface area contributed by atoms with E-state index in [4.69, 9.17) is 5.73 Å². The Bertz CT molecular complexity index is 439. The first-order chi connectivity index (χ1) is 8.45. The zero-order valence-corrected chi connectivity index (χ0v) is 10.8. The van der Waals surface area contributed by atoms with E-state index in [0.29, 0.717) is 12.5 Å². The average Bonchev–Trinajstić information content (AvgIpc) is 2.67. The average molecular weight is 254 g/mol. The predicted octanol–water partition coefficient (Wildman–Crippen LogP) is 0.0241. The molecule has 18 heavy (non-hydrogen) atoms. The molecule has 7 nitrogen and oxygen atoms in total. The number of nitrogen functional groups attached to an aromatic ring is 1. The fraction of sp³-hybridized carbons (Fsp3) is 0.545. The fourth-order valence-electron chi connectivity index (χ4n) is 1.30. The quantitative estimate of drug-likeness (QED) is 0.722. The van der Waals surface area contributed by atoms with Gasteiger partial charge >= 0.3 is 5.97 Å². The van der Waals surface area contributed by atoms with E-state index in [1.165, 1.54) is 18.0 Å². The van der Waals surface area contributed by atoms with Crippen molar-refractivity contribution in [2.75, 3.05) is 19.4 Å². The molecule has 0 atom stereocenters. The fourth-order valence-corrected chi connectivity index (χ4v) is 1.30. The van der Waals surface area contributed by atoms with E-state index in [1.54, 1.807) is 0 Å². The van der Waals surface area contributed by atoms with Crippen LogP contribution in [0.4, 0.5) is 5.82 Å². The Labute approximate surface area is 105 Å². The number of nitrogens with zero attached hydrogens (tertiary/aromatic N) is 2. The first kappa shape index (κ1) is 14.0. The summed E-state index contributed by atoms with van der Waals surface area (Å²) in [7, 11) is 1.25. The number of carbonyl (C=O) groups is 2. The smallest absolute Gasteiger partial charge is 0.360 e. The molecule has 0 bridgehead atoms. The summed E-state index contributed by atoms with van der Waals surface area (Å²) >= 11 is 0. The molecular formula is C11H18N4O3. The van der Waals surface area contributed by atoms with Crippen LogP contribution in [0.5, 0.6) is 0 Å². The summed E-state index contributed by atoms with van der Waals surface area (Å²) in [6.07, 6.45) is 1.34. The van der Waals surface area contributed by atoms with Gasteiger partial charge in [0.15, 0.2) is 5.69 Å². The lowest BCUT2D eigenvalue weighted by Gasteiger charge is -2.08. The SMILES string of the molecule is COC(=O)c1ncn(CC(=O)NCC(C)C)c1N. The maximum absolute atomic E-state index is 11.6. The van der Waals surface area contributed by atoms with Gasteiger partial charge in [0.2, 0.25) is 5.91 Å². The summed E-state index contributed by atoms with van der Waals surface area (Å²) in [5.41, 5.74) is 5.73. The monoisotopic (exact) mass is 254 g/mol. The molecule has 100 valence electrons. The molecule has 0 saturated heterocycles. The van der Waals surface area contributed by atoms with E-state index in [-0.39, 0.29) is 24.0 Å². The molecule has 0 aromatic carbocycles. The van der Waals surface area contributed by atoms with Gasteiger partial charge in [-0.15, -0.1) is 0 Å². The number of nitrogens with two attached hydrogens (primary N) is 1. The van der Waals surface area contributed by atoms with Crippen LogP contribution in [0.1, 0.15) is 24.3 Å². The van der Waals surface area contributed by atoms with Crippen molar-refractivity contribution >= 4 is 17.7 Å². The molecule has 1 amide bonds. The zero-order valence-electron chi connectivity index (χ0n) is 10.8. The van der Waals surface area contributed by atoms with Crippen LogP contribution in [0.25, 0.3) is 0 Å². The van der Waals surface area contributed by atoms with E-state index < -0.39 is 5.97 Å². The normalized spacial score (nSPS) is 10.4. The van der Waals surface area contributed by atoms with Crippen molar-refractivity contribution in [3.63, 3.8) is 0 Å². The topological polar surface area (TPSA) is 99.2 Å². The summed E-state index contributed by atoms with van der Waals surface area (Å²) in [6.45, 7) is 4.63. The molecule has 0 aliphatic rings. The Morgan fingerprint density at radius 2 is 2.22 bits per heavy atom. The van der Waals surface area contributed by atoms with Gasteiger partial charge in [0.05, 0.1) is 13.4 Å². The molecule has 3 N–H and O–H groups in total. The number of rotatable bonds is 5. The van der Waals surface area contributed by atoms with Crippen LogP contribution in [0.15, 0.2) is 6.33 Å². The number of aromatic nitrogens is 2. The molecule has 0 unspecified atom stereocenters. The Hall–Kier alpha value is -2.05. The van der Waals surface area contributed by atoms with Crippen LogP contribution >= 0.6 is 0 Å². The van der Waals surface area contributed by atoms with Gasteiger partial charge < -0.3 is 20.4 Å². The van der Waals surface area contributed by atoms with Gasteiger partial charge in [-0.2, -0.15) is 0 Å². The Morgan fingerprint density at radius 1 is 1.56 bits per heavy atom. The molecular weight excluding hydrogens is 236 g/mol. The molecule has 1 aromatic rings. The standard InChI is InChI=1S/C11H18N4O3/c1-7(2)4-13-8(16)5-15-6-14-9(10(15)12)11(17)18-3/h6-7H,4-5,12H2,1-3H3,(H,13,16). The number of carbonyl (C=O) groups excluding carboxylic acids is 2. The zero-order chi connectivity index (χ0) is 13.7. The van der Waals surface area contributed by atoms with Gasteiger partial charge in [0.1, 0.15) is 12.4 Å². The van der Waals surface area contributed by atoms with Gasteiger partial charge in [-0.3, -0.25) is 4.79 Å². The number of hydrogen-bond acceptors (Lipinski definition) is 5. The highest BCUT2D eigenvalue weighted by molar-refractivity contribution is 5.92. The van der Waals surface area contributed by atoms with Gasteiger partial charge in [0, 0.05) is 6.54 Å². The van der Waals surface area contributed by atoms with Gasteiger partial charge in [-0.1, -0.05) is 13.8 Å². The molecule has 0 spiro atoms. The number of esters is 1. The van der Waals surface area contributed by atoms with Crippen LogP contribution in [0.3, 0.4) is 0 Å². The third-order valence-electron chi connectivity index (χ3n) is 2.28. The van der Waals surface area contributed by atoms with Gasteiger partial charge in [0.25, 0.3) is 0 Å². The first-order valence-electron chi connectivity index (χ1n) is 5.61. The molecule has 0 saturated carbocycles. The van der Waals surface area contributed by atoms with Crippen molar-refractivity contribution in [1.29, 1.82) is 0 Å². The second-order valence-corrected chi connectivity index (χ2v) is 4.30. The van der Waals surface area contributed by atoms with Crippen LogP contribution in [-0.2, 0) is 16.1 Å². The van der Waals surface area contributed by atoms with Crippen molar-refractivity contribution in [3.05, 3.63) is 12.0 Å². The maximum Gasteiger partial charge on any atom is 0.360 e. The molecule has 1 heterocycles. The maximum atomic E-state index is 11.6. The lowest BCUT2D eigenvalue weighted by molar-refractivity contribution is -0.121. The van der Waals surface area contributed by atoms with Crippen molar-refractivity contribution < 1.29 is 14.3 Å². The summed E-state index contributed by atoms with van der Waals surface area (Å²) in [4.78, 5) is 26.7. The van der Waals surface area contributed by atoms with Crippen LogP contribution in [0.2, 0.25) is 0 Å². The van der Waals surface area contributed by atoms with Crippen molar-refractivity contribution in [2.45, 2.75) is 20.4 Å². The summed E-state index contributed by atoms with van der Waals surface area (Å²) in [5.74, 6) is -0.292. The van der Waals surface area contributed by atoms with E-state index in [2.05, 4.69) is 15.0 Å². The van der Waals surface area contributed by atoms with Crippen LogP contribution in [-0.4, -0.2) is 35.1 Å². The highest BCUT2D eigenvalue weighted by Crippen LogP contribution is 2.10. The Balaban J connectivity index is 2.66. The number of amides is 1.